The van der Waals surface area contributed by atoms with E-state index in [0.29, 0.717) is 0 Å². The summed E-state index contributed by atoms with van der Waals surface area (Å²) in [5, 5.41) is 3.46. The number of para-hydroxylation sites is 2. The molecule has 3 rings (SSSR count). The first-order valence-corrected chi connectivity index (χ1v) is 9.64. The first-order valence-electron chi connectivity index (χ1n) is 9.64. The van der Waals surface area contributed by atoms with E-state index >= 15 is 0 Å². The summed E-state index contributed by atoms with van der Waals surface area (Å²) in [6, 6.07) is 8.36. The smallest absolute Gasteiger partial charge is 0.193 e. The quantitative estimate of drug-likeness (QED) is 0.515. The van der Waals surface area contributed by atoms with Crippen molar-refractivity contribution < 1.29 is 0 Å². The number of nitrogens with zero attached hydrogens (tertiary/aromatic N) is 4. The van der Waals surface area contributed by atoms with E-state index < -0.39 is 0 Å². The Morgan fingerprint density at radius 1 is 1.28 bits per heavy atom. The average Bonchev–Trinajstić information content (AvgIpc) is 2.94. The molecule has 2 heterocycles. The maximum atomic E-state index is 4.87. The second-order valence-electron chi connectivity index (χ2n) is 7.06. The molecule has 0 saturated carbocycles. The van der Waals surface area contributed by atoms with Crippen LogP contribution in [-0.4, -0.2) is 46.6 Å². The van der Waals surface area contributed by atoms with Gasteiger partial charge in [-0.05, 0) is 51.2 Å². The van der Waals surface area contributed by atoms with Gasteiger partial charge in [0.25, 0.3) is 0 Å². The van der Waals surface area contributed by atoms with Gasteiger partial charge in [0, 0.05) is 32.7 Å². The zero-order chi connectivity index (χ0) is 17.6. The fourth-order valence-electron chi connectivity index (χ4n) is 3.54. The number of fused-ring (bicyclic) bond motifs is 1. The van der Waals surface area contributed by atoms with Crippen LogP contribution < -0.4 is 5.32 Å². The molecule has 0 unspecified atom stereocenters. The zero-order valence-corrected chi connectivity index (χ0v) is 15.8. The van der Waals surface area contributed by atoms with E-state index in [9.17, 15) is 0 Å². The second-order valence-corrected chi connectivity index (χ2v) is 7.06. The molecule has 1 saturated heterocycles. The molecule has 136 valence electrons. The molecule has 1 aromatic carbocycles. The highest BCUT2D eigenvalue weighted by atomic mass is 15.3. The fourth-order valence-corrected chi connectivity index (χ4v) is 3.54. The molecule has 5 nitrogen and oxygen atoms in total. The summed E-state index contributed by atoms with van der Waals surface area (Å²) >= 11 is 0. The summed E-state index contributed by atoms with van der Waals surface area (Å²) in [6.07, 6.45) is 3.57. The van der Waals surface area contributed by atoms with Crippen LogP contribution in [0.2, 0.25) is 0 Å². The van der Waals surface area contributed by atoms with E-state index in [-0.39, 0.29) is 0 Å². The van der Waals surface area contributed by atoms with Gasteiger partial charge in [0.15, 0.2) is 5.96 Å². The molecule has 1 fully saturated rings. The Morgan fingerprint density at radius 3 is 2.80 bits per heavy atom. The number of aliphatic imine (C=N–C) groups is 1. The molecule has 1 aromatic heterocycles. The molecule has 5 heteroatoms. The molecule has 0 aliphatic carbocycles. The molecule has 1 aliphatic heterocycles. The largest absolute Gasteiger partial charge is 0.357 e. The second kappa shape index (κ2) is 8.37. The number of aromatic nitrogens is 2. The Labute approximate surface area is 151 Å². The minimum atomic E-state index is 0.844. The van der Waals surface area contributed by atoms with Crippen molar-refractivity contribution in [2.45, 2.75) is 46.6 Å². The molecule has 0 atom stereocenters. The lowest BCUT2D eigenvalue weighted by molar-refractivity contribution is 0.273. The Morgan fingerprint density at radius 2 is 2.04 bits per heavy atom. The lowest BCUT2D eigenvalue weighted by atomic mass is 10.00. The van der Waals surface area contributed by atoms with Crippen LogP contribution >= 0.6 is 0 Å². The van der Waals surface area contributed by atoms with Crippen molar-refractivity contribution >= 4 is 17.0 Å². The lowest BCUT2D eigenvalue weighted by Crippen LogP contribution is -2.45. The van der Waals surface area contributed by atoms with Gasteiger partial charge in [0.1, 0.15) is 5.82 Å². The van der Waals surface area contributed by atoms with Crippen LogP contribution in [0.4, 0.5) is 0 Å². The number of likely N-dealkylation sites (tertiary alicyclic amines) is 1. The highest BCUT2D eigenvalue weighted by Gasteiger charge is 2.18. The zero-order valence-electron chi connectivity index (χ0n) is 15.8. The van der Waals surface area contributed by atoms with Crippen molar-refractivity contribution in [3.05, 3.63) is 30.1 Å². The van der Waals surface area contributed by atoms with Crippen molar-refractivity contribution in [3.8, 4) is 0 Å². The van der Waals surface area contributed by atoms with E-state index in [1.807, 2.05) is 6.07 Å². The van der Waals surface area contributed by atoms with E-state index in [4.69, 9.17) is 4.99 Å². The monoisotopic (exact) mass is 341 g/mol. The predicted molar refractivity (Wildman–Crippen MR) is 105 cm³/mol. The van der Waals surface area contributed by atoms with E-state index in [1.54, 1.807) is 0 Å². The summed E-state index contributed by atoms with van der Waals surface area (Å²) in [5.41, 5.74) is 2.31. The molecule has 0 spiro atoms. The van der Waals surface area contributed by atoms with Gasteiger partial charge in [-0.15, -0.1) is 0 Å². The van der Waals surface area contributed by atoms with Crippen molar-refractivity contribution in [3.63, 3.8) is 0 Å². The third kappa shape index (κ3) is 4.33. The number of guanidine groups is 1. The average molecular weight is 342 g/mol. The van der Waals surface area contributed by atoms with Gasteiger partial charge in [-0.1, -0.05) is 19.1 Å². The number of hydrogen-bond donors (Lipinski definition) is 1. The van der Waals surface area contributed by atoms with Gasteiger partial charge in [-0.3, -0.25) is 4.99 Å². The van der Waals surface area contributed by atoms with E-state index in [0.717, 1.165) is 62.4 Å². The molecule has 0 radical (unpaired) electrons. The van der Waals surface area contributed by atoms with Crippen LogP contribution in [-0.2, 0) is 6.54 Å². The van der Waals surface area contributed by atoms with Crippen molar-refractivity contribution in [1.82, 2.24) is 19.8 Å². The third-order valence-electron chi connectivity index (χ3n) is 5.06. The highest BCUT2D eigenvalue weighted by molar-refractivity contribution is 5.80. The van der Waals surface area contributed by atoms with Gasteiger partial charge in [0.2, 0.25) is 0 Å². The van der Waals surface area contributed by atoms with Crippen molar-refractivity contribution in [2.24, 2.45) is 10.9 Å². The molecular weight excluding hydrogens is 310 g/mol. The summed E-state index contributed by atoms with van der Waals surface area (Å²) < 4.78 is 2.31. The minimum Gasteiger partial charge on any atom is -0.357 e. The number of imidazole rings is 1. The van der Waals surface area contributed by atoms with Gasteiger partial charge in [-0.2, -0.15) is 0 Å². The summed E-state index contributed by atoms with van der Waals surface area (Å²) in [4.78, 5) is 11.9. The third-order valence-corrected chi connectivity index (χ3v) is 5.06. The van der Waals surface area contributed by atoms with Crippen molar-refractivity contribution in [2.75, 3.05) is 26.2 Å². The van der Waals surface area contributed by atoms with E-state index in [2.05, 4.69) is 58.7 Å². The molecule has 1 N–H and O–H groups in total. The van der Waals surface area contributed by atoms with Gasteiger partial charge >= 0.3 is 0 Å². The standard InChI is InChI=1S/C20H31N5/c1-4-21-20(24-14-10-16(2)11-15-24)22-12-7-13-25-17(3)23-18-8-5-6-9-19(18)25/h5-6,8-9,16H,4,7,10-15H2,1-3H3,(H,21,22). The first-order chi connectivity index (χ1) is 12.2. The number of piperidine rings is 1. The summed E-state index contributed by atoms with van der Waals surface area (Å²) in [5.74, 6) is 3.01. The SMILES string of the molecule is CCNC(=NCCCn1c(C)nc2ccccc21)N1CCC(C)CC1. The predicted octanol–water partition coefficient (Wildman–Crippen LogP) is 3.43. The van der Waals surface area contributed by atoms with Crippen LogP contribution in [0.25, 0.3) is 11.0 Å². The Bertz CT molecular complexity index is 710. The Kier molecular flexibility index (Phi) is 5.95. The van der Waals surface area contributed by atoms with Crippen LogP contribution in [0.15, 0.2) is 29.3 Å². The highest BCUT2D eigenvalue weighted by Crippen LogP contribution is 2.17. The van der Waals surface area contributed by atoms with Gasteiger partial charge in [0.05, 0.1) is 11.0 Å². The summed E-state index contributed by atoms with van der Waals surface area (Å²) in [7, 11) is 0. The molecule has 0 amide bonds. The van der Waals surface area contributed by atoms with Crippen molar-refractivity contribution in [1.29, 1.82) is 0 Å². The fraction of sp³-hybridized carbons (Fsp3) is 0.600. The number of hydrogen-bond acceptors (Lipinski definition) is 2. The van der Waals surface area contributed by atoms with Crippen LogP contribution in [0, 0.1) is 12.8 Å². The number of nitrogens with one attached hydrogen (secondary N) is 1. The topological polar surface area (TPSA) is 45.5 Å². The van der Waals surface area contributed by atoms with E-state index in [1.165, 1.54) is 18.4 Å². The Balaban J connectivity index is 1.59. The number of aryl methyl sites for hydroxylation is 2. The number of benzene rings is 1. The molecule has 1 aliphatic rings. The normalized spacial score (nSPS) is 16.6. The van der Waals surface area contributed by atoms with Crippen LogP contribution in [0.3, 0.4) is 0 Å². The molecule has 0 bridgehead atoms. The lowest BCUT2D eigenvalue weighted by Gasteiger charge is -2.33. The Hall–Kier alpha value is -2.04. The van der Waals surface area contributed by atoms with Gasteiger partial charge < -0.3 is 14.8 Å². The first kappa shape index (κ1) is 17.8. The summed E-state index contributed by atoms with van der Waals surface area (Å²) in [6.45, 7) is 11.6. The molecule has 2 aromatic rings. The van der Waals surface area contributed by atoms with Crippen LogP contribution in [0.1, 0.15) is 38.9 Å². The maximum Gasteiger partial charge on any atom is 0.193 e. The molecule has 25 heavy (non-hydrogen) atoms. The number of rotatable bonds is 5. The minimum absolute atomic E-state index is 0.844. The maximum absolute atomic E-state index is 4.87. The van der Waals surface area contributed by atoms with Gasteiger partial charge in [-0.25, -0.2) is 4.98 Å². The van der Waals surface area contributed by atoms with Crippen LogP contribution in [0.5, 0.6) is 0 Å². The molecular formula is C20H31N5.